The van der Waals surface area contributed by atoms with Gasteiger partial charge in [0, 0.05) is 4.47 Å². The summed E-state index contributed by atoms with van der Waals surface area (Å²) in [5, 5.41) is 27.6. The normalized spacial score (nSPS) is 10.2. The summed E-state index contributed by atoms with van der Waals surface area (Å²) in [6, 6.07) is 8.37. The van der Waals surface area contributed by atoms with Gasteiger partial charge in [0.15, 0.2) is 0 Å². The molecule has 3 N–H and O–H groups in total. The first-order valence-electron chi connectivity index (χ1n) is 5.48. The van der Waals surface area contributed by atoms with Crippen LogP contribution in [0.5, 0.6) is 5.75 Å². The van der Waals surface area contributed by atoms with E-state index in [1.54, 1.807) is 6.07 Å². The lowest BCUT2D eigenvalue weighted by Crippen LogP contribution is -2.03. The van der Waals surface area contributed by atoms with E-state index >= 15 is 0 Å². The molecule has 0 bridgehead atoms. The predicted octanol–water partition coefficient (Wildman–Crippen LogP) is 3.22. The van der Waals surface area contributed by atoms with Crippen LogP contribution in [0.15, 0.2) is 40.9 Å². The molecule has 0 aromatic heterocycles. The molecule has 2 rings (SSSR count). The number of carboxylic acids is 2. The molecule has 0 aliphatic rings. The predicted molar refractivity (Wildman–Crippen MR) is 75.2 cm³/mol. The maximum atomic E-state index is 11.0. The van der Waals surface area contributed by atoms with Crippen LogP contribution in [0.4, 0.5) is 0 Å². The van der Waals surface area contributed by atoms with E-state index in [4.69, 9.17) is 10.2 Å². The number of hydrogen-bond acceptors (Lipinski definition) is 3. The number of benzene rings is 2. The van der Waals surface area contributed by atoms with Gasteiger partial charge in [-0.05, 0) is 47.5 Å². The van der Waals surface area contributed by atoms with Crippen molar-refractivity contribution in [3.05, 3.63) is 52.0 Å². The maximum Gasteiger partial charge on any atom is 0.335 e. The van der Waals surface area contributed by atoms with Crippen LogP contribution in [0.1, 0.15) is 20.7 Å². The smallest absolute Gasteiger partial charge is 0.335 e. The first-order valence-corrected chi connectivity index (χ1v) is 6.28. The Morgan fingerprint density at radius 2 is 1.30 bits per heavy atom. The lowest BCUT2D eigenvalue weighted by molar-refractivity contribution is 0.0696. The van der Waals surface area contributed by atoms with Gasteiger partial charge in [-0.1, -0.05) is 15.9 Å². The highest BCUT2D eigenvalue weighted by molar-refractivity contribution is 9.10. The number of halogens is 1. The van der Waals surface area contributed by atoms with E-state index in [0.29, 0.717) is 15.6 Å². The van der Waals surface area contributed by atoms with Crippen molar-refractivity contribution < 1.29 is 24.9 Å². The van der Waals surface area contributed by atoms with Crippen molar-refractivity contribution in [1.82, 2.24) is 0 Å². The van der Waals surface area contributed by atoms with E-state index in [2.05, 4.69) is 15.9 Å². The van der Waals surface area contributed by atoms with Gasteiger partial charge in [0.2, 0.25) is 0 Å². The summed E-state index contributed by atoms with van der Waals surface area (Å²) in [5.74, 6) is -2.44. The average Bonchev–Trinajstić information content (AvgIpc) is 2.36. The maximum absolute atomic E-state index is 11.0. The Bertz CT molecular complexity index is 656. The van der Waals surface area contributed by atoms with E-state index in [0.717, 1.165) is 6.07 Å². The van der Waals surface area contributed by atoms with E-state index in [1.165, 1.54) is 24.3 Å². The highest BCUT2D eigenvalue weighted by atomic mass is 79.9. The molecule has 0 atom stereocenters. The van der Waals surface area contributed by atoms with E-state index in [1.807, 2.05) is 0 Å². The van der Waals surface area contributed by atoms with Gasteiger partial charge < -0.3 is 15.3 Å². The minimum absolute atomic E-state index is 0.00743. The van der Waals surface area contributed by atoms with Gasteiger partial charge in [-0.25, -0.2) is 9.59 Å². The summed E-state index contributed by atoms with van der Waals surface area (Å²) in [7, 11) is 0. The number of carboxylic acid groups (broad SMARTS) is 2. The van der Waals surface area contributed by atoms with Crippen molar-refractivity contribution in [2.75, 3.05) is 0 Å². The molecule has 5 nitrogen and oxygen atoms in total. The SMILES string of the molecule is O=C(O)c1cc(C(=O)O)cc(-c2cc(O)cc(Br)c2)c1. The first kappa shape index (κ1) is 14.1. The molecule has 0 aliphatic heterocycles. The van der Waals surface area contributed by atoms with E-state index in [9.17, 15) is 14.7 Å². The van der Waals surface area contributed by atoms with Crippen LogP contribution in [-0.2, 0) is 0 Å². The quantitative estimate of drug-likeness (QED) is 0.799. The van der Waals surface area contributed by atoms with E-state index < -0.39 is 11.9 Å². The summed E-state index contributed by atoms with van der Waals surface area (Å²) < 4.78 is 0.602. The summed E-state index contributed by atoms with van der Waals surface area (Å²) >= 11 is 3.21. The van der Waals surface area contributed by atoms with Gasteiger partial charge in [-0.15, -0.1) is 0 Å². The third-order valence-corrected chi connectivity index (χ3v) is 3.10. The second kappa shape index (κ2) is 5.34. The minimum atomic E-state index is -1.21. The second-order valence-electron chi connectivity index (χ2n) is 4.11. The molecular weight excluding hydrogens is 328 g/mol. The lowest BCUT2D eigenvalue weighted by atomic mass is 9.99. The highest BCUT2D eigenvalue weighted by Crippen LogP contribution is 2.29. The topological polar surface area (TPSA) is 94.8 Å². The highest BCUT2D eigenvalue weighted by Gasteiger charge is 2.13. The molecule has 20 heavy (non-hydrogen) atoms. The van der Waals surface area contributed by atoms with Crippen LogP contribution in [0.25, 0.3) is 11.1 Å². The standard InChI is InChI=1S/C14H9BrO5/c15-11-4-8(5-12(16)6-11)7-1-9(13(17)18)3-10(2-7)14(19)20/h1-6,16H,(H,17,18)(H,19,20). The summed E-state index contributed by atoms with van der Waals surface area (Å²) in [4.78, 5) is 22.1. The van der Waals surface area contributed by atoms with Gasteiger partial charge in [0.25, 0.3) is 0 Å². The summed E-state index contributed by atoms with van der Waals surface area (Å²) in [6.45, 7) is 0. The minimum Gasteiger partial charge on any atom is -0.508 e. The van der Waals surface area contributed by atoms with Crippen molar-refractivity contribution >= 4 is 27.9 Å². The molecule has 0 fully saturated rings. The second-order valence-corrected chi connectivity index (χ2v) is 5.02. The van der Waals surface area contributed by atoms with Gasteiger partial charge in [-0.3, -0.25) is 0 Å². The molecule has 0 heterocycles. The van der Waals surface area contributed by atoms with Crippen LogP contribution >= 0.6 is 15.9 Å². The van der Waals surface area contributed by atoms with Crippen LogP contribution in [0.3, 0.4) is 0 Å². The van der Waals surface area contributed by atoms with E-state index in [-0.39, 0.29) is 16.9 Å². The Labute approximate surface area is 122 Å². The Morgan fingerprint density at radius 3 is 1.75 bits per heavy atom. The Hall–Kier alpha value is -2.34. The van der Waals surface area contributed by atoms with Gasteiger partial charge in [0.05, 0.1) is 11.1 Å². The molecule has 0 amide bonds. The first-order chi connectivity index (χ1) is 9.36. The van der Waals surface area contributed by atoms with Crippen LogP contribution in [0, 0.1) is 0 Å². The molecule has 0 saturated heterocycles. The fourth-order valence-corrected chi connectivity index (χ4v) is 2.26. The average molecular weight is 337 g/mol. The lowest BCUT2D eigenvalue weighted by Gasteiger charge is -2.07. The van der Waals surface area contributed by atoms with Crippen molar-refractivity contribution in [2.45, 2.75) is 0 Å². The van der Waals surface area contributed by atoms with Crippen molar-refractivity contribution in [3.63, 3.8) is 0 Å². The Morgan fingerprint density at radius 1 is 0.800 bits per heavy atom. The molecule has 102 valence electrons. The summed E-state index contributed by atoms with van der Waals surface area (Å²) in [6.07, 6.45) is 0. The number of hydrogen-bond donors (Lipinski definition) is 3. The molecule has 2 aromatic carbocycles. The number of rotatable bonds is 3. The van der Waals surface area contributed by atoms with Crippen LogP contribution in [-0.4, -0.2) is 27.3 Å². The molecule has 0 unspecified atom stereocenters. The zero-order valence-corrected chi connectivity index (χ0v) is 11.6. The van der Waals surface area contributed by atoms with Gasteiger partial charge in [-0.2, -0.15) is 0 Å². The number of carbonyl (C=O) groups is 2. The zero-order valence-electron chi connectivity index (χ0n) is 10.0. The molecule has 2 aromatic rings. The van der Waals surface area contributed by atoms with Crippen LogP contribution in [0.2, 0.25) is 0 Å². The van der Waals surface area contributed by atoms with Crippen molar-refractivity contribution in [1.29, 1.82) is 0 Å². The Balaban J connectivity index is 2.66. The fourth-order valence-electron chi connectivity index (χ4n) is 1.78. The molecule has 0 aliphatic carbocycles. The third-order valence-electron chi connectivity index (χ3n) is 2.64. The van der Waals surface area contributed by atoms with Crippen LogP contribution < -0.4 is 0 Å². The molecule has 0 spiro atoms. The van der Waals surface area contributed by atoms with Gasteiger partial charge >= 0.3 is 11.9 Å². The van der Waals surface area contributed by atoms with Gasteiger partial charge in [0.1, 0.15) is 5.75 Å². The van der Waals surface area contributed by atoms with Crippen molar-refractivity contribution in [3.8, 4) is 16.9 Å². The molecular formula is C14H9BrO5. The largest absolute Gasteiger partial charge is 0.508 e. The Kier molecular flexibility index (Phi) is 3.76. The molecule has 6 heteroatoms. The van der Waals surface area contributed by atoms with Crippen molar-refractivity contribution in [2.24, 2.45) is 0 Å². The third kappa shape index (κ3) is 2.97. The zero-order chi connectivity index (χ0) is 14.9. The monoisotopic (exact) mass is 336 g/mol. The molecule has 0 saturated carbocycles. The molecule has 0 radical (unpaired) electrons. The number of phenolic OH excluding ortho intramolecular Hbond substituents is 1. The number of aromatic hydroxyl groups is 1. The summed E-state index contributed by atoms with van der Waals surface area (Å²) in [5.41, 5.74) is 0.667. The number of phenols is 1. The number of aromatic carboxylic acids is 2. The fraction of sp³-hybridized carbons (Fsp3) is 0.